The van der Waals surface area contributed by atoms with Crippen LogP contribution < -0.4 is 11.1 Å². The molecule has 1 amide bonds. The predicted molar refractivity (Wildman–Crippen MR) is 86.0 cm³/mol. The van der Waals surface area contributed by atoms with Crippen LogP contribution in [-0.4, -0.2) is 24.0 Å². The van der Waals surface area contributed by atoms with Crippen LogP contribution in [0.4, 0.5) is 0 Å². The minimum atomic E-state index is -0.416. The highest BCUT2D eigenvalue weighted by molar-refractivity contribution is 5.80. The van der Waals surface area contributed by atoms with E-state index >= 15 is 0 Å². The van der Waals surface area contributed by atoms with Crippen molar-refractivity contribution in [1.29, 1.82) is 0 Å². The average Bonchev–Trinajstić information content (AvgIpc) is 2.45. The second-order valence-corrected chi connectivity index (χ2v) is 5.86. The molecule has 0 fully saturated rings. The first kappa shape index (κ1) is 18.2. The molecule has 1 rings (SSSR count). The number of ether oxygens (including phenoxy) is 1. The summed E-state index contributed by atoms with van der Waals surface area (Å²) in [6.07, 6.45) is -0.0813. The van der Waals surface area contributed by atoms with Crippen molar-refractivity contribution >= 4 is 11.9 Å². The monoisotopic (exact) mass is 306 g/mol. The Bertz CT molecular complexity index is 486. The molecule has 0 aliphatic carbocycles. The van der Waals surface area contributed by atoms with Gasteiger partial charge in [-0.3, -0.25) is 9.59 Å². The van der Waals surface area contributed by atoms with E-state index in [4.69, 9.17) is 10.5 Å². The Morgan fingerprint density at radius 1 is 1.14 bits per heavy atom. The second-order valence-electron chi connectivity index (χ2n) is 5.86. The Kier molecular flexibility index (Phi) is 7.05. The van der Waals surface area contributed by atoms with Crippen LogP contribution in [0.5, 0.6) is 0 Å². The van der Waals surface area contributed by atoms with E-state index in [0.29, 0.717) is 0 Å². The Hall–Kier alpha value is -1.88. The van der Waals surface area contributed by atoms with Crippen molar-refractivity contribution in [1.82, 2.24) is 5.32 Å². The van der Waals surface area contributed by atoms with E-state index in [0.717, 1.165) is 5.56 Å². The number of rotatable bonds is 7. The summed E-state index contributed by atoms with van der Waals surface area (Å²) in [6, 6.07) is 8.72. The van der Waals surface area contributed by atoms with Gasteiger partial charge in [0.2, 0.25) is 5.91 Å². The lowest BCUT2D eigenvalue weighted by molar-refractivity contribution is -0.148. The molecular formula is C17H26N2O3. The van der Waals surface area contributed by atoms with E-state index < -0.39 is 6.04 Å². The fourth-order valence-electron chi connectivity index (χ4n) is 1.96. The largest absolute Gasteiger partial charge is 0.463 e. The number of hydrogen-bond donors (Lipinski definition) is 2. The normalized spacial score (nSPS) is 15.0. The molecule has 0 aliphatic rings. The summed E-state index contributed by atoms with van der Waals surface area (Å²) in [5, 5.41) is 2.90. The van der Waals surface area contributed by atoms with Crippen LogP contribution in [0.3, 0.4) is 0 Å². The smallest absolute Gasteiger partial charge is 0.308 e. The summed E-state index contributed by atoms with van der Waals surface area (Å²) in [5.74, 6) is -0.828. The van der Waals surface area contributed by atoms with Gasteiger partial charge in [0, 0.05) is 12.0 Å². The maximum absolute atomic E-state index is 12.2. The van der Waals surface area contributed by atoms with Gasteiger partial charge in [0.05, 0.1) is 18.6 Å². The van der Waals surface area contributed by atoms with E-state index in [9.17, 15) is 9.59 Å². The van der Waals surface area contributed by atoms with Crippen LogP contribution >= 0.6 is 0 Å². The van der Waals surface area contributed by atoms with Crippen molar-refractivity contribution in [3.8, 4) is 0 Å². The Morgan fingerprint density at radius 3 is 2.23 bits per heavy atom. The molecule has 5 heteroatoms. The lowest BCUT2D eigenvalue weighted by Crippen LogP contribution is -2.41. The lowest BCUT2D eigenvalue weighted by Gasteiger charge is -2.23. The molecule has 0 radical (unpaired) electrons. The average molecular weight is 306 g/mol. The minimum Gasteiger partial charge on any atom is -0.463 e. The molecule has 122 valence electrons. The Balaban J connectivity index is 2.83. The fraction of sp³-hybridized carbons (Fsp3) is 0.529. The van der Waals surface area contributed by atoms with Crippen LogP contribution in [0, 0.1) is 5.92 Å². The van der Waals surface area contributed by atoms with Gasteiger partial charge in [-0.1, -0.05) is 37.3 Å². The standard InChI is InChI=1S/C17H26N2O3/c1-11(2)22-16(20)10-15(14-8-6-5-7-9-14)19-17(21)12(3)13(4)18/h5-9,11-13,15H,10,18H2,1-4H3,(H,19,21). The molecule has 0 aromatic heterocycles. The summed E-state index contributed by atoms with van der Waals surface area (Å²) in [6.45, 7) is 7.15. The van der Waals surface area contributed by atoms with Gasteiger partial charge in [-0.15, -0.1) is 0 Å². The number of benzene rings is 1. The third-order valence-electron chi connectivity index (χ3n) is 3.46. The van der Waals surface area contributed by atoms with Crippen LogP contribution in [0.25, 0.3) is 0 Å². The number of nitrogens with one attached hydrogen (secondary N) is 1. The first-order chi connectivity index (χ1) is 10.3. The van der Waals surface area contributed by atoms with Crippen molar-refractivity contribution in [2.45, 2.75) is 52.3 Å². The fourth-order valence-corrected chi connectivity index (χ4v) is 1.96. The number of hydrogen-bond acceptors (Lipinski definition) is 4. The topological polar surface area (TPSA) is 81.4 Å². The van der Waals surface area contributed by atoms with Crippen molar-refractivity contribution in [2.24, 2.45) is 11.7 Å². The molecule has 3 N–H and O–H groups in total. The molecule has 3 atom stereocenters. The van der Waals surface area contributed by atoms with Crippen molar-refractivity contribution in [3.05, 3.63) is 35.9 Å². The third-order valence-corrected chi connectivity index (χ3v) is 3.46. The molecule has 1 aromatic rings. The Labute approximate surface area is 132 Å². The van der Waals surface area contributed by atoms with Gasteiger partial charge in [-0.25, -0.2) is 0 Å². The van der Waals surface area contributed by atoms with Gasteiger partial charge in [0.15, 0.2) is 0 Å². The highest BCUT2D eigenvalue weighted by Crippen LogP contribution is 2.18. The third kappa shape index (κ3) is 5.85. The van der Waals surface area contributed by atoms with Gasteiger partial charge >= 0.3 is 5.97 Å². The van der Waals surface area contributed by atoms with E-state index in [1.165, 1.54) is 0 Å². The van der Waals surface area contributed by atoms with E-state index in [-0.39, 0.29) is 36.4 Å². The highest BCUT2D eigenvalue weighted by atomic mass is 16.5. The summed E-state index contributed by atoms with van der Waals surface area (Å²) in [7, 11) is 0. The van der Waals surface area contributed by atoms with Gasteiger partial charge < -0.3 is 15.8 Å². The number of nitrogens with two attached hydrogens (primary N) is 1. The molecule has 0 heterocycles. The maximum atomic E-state index is 12.2. The van der Waals surface area contributed by atoms with E-state index in [2.05, 4.69) is 5.32 Å². The molecule has 3 unspecified atom stereocenters. The van der Waals surface area contributed by atoms with Gasteiger partial charge in [-0.05, 0) is 26.3 Å². The molecule has 0 saturated heterocycles. The number of esters is 1. The number of carbonyl (C=O) groups excluding carboxylic acids is 2. The summed E-state index contributed by atoms with van der Waals surface area (Å²) < 4.78 is 5.18. The summed E-state index contributed by atoms with van der Waals surface area (Å²) in [5.41, 5.74) is 6.63. The predicted octanol–water partition coefficient (Wildman–Crippen LogP) is 2.17. The second kappa shape index (κ2) is 8.54. The van der Waals surface area contributed by atoms with Crippen LogP contribution in [0.15, 0.2) is 30.3 Å². The minimum absolute atomic E-state index is 0.0968. The van der Waals surface area contributed by atoms with E-state index in [1.807, 2.05) is 30.3 Å². The lowest BCUT2D eigenvalue weighted by atomic mass is 10.00. The summed E-state index contributed by atoms with van der Waals surface area (Å²) in [4.78, 5) is 24.2. The molecule has 0 spiro atoms. The molecule has 22 heavy (non-hydrogen) atoms. The van der Waals surface area contributed by atoms with Crippen LogP contribution in [-0.2, 0) is 14.3 Å². The van der Waals surface area contributed by atoms with Gasteiger partial charge in [-0.2, -0.15) is 0 Å². The Morgan fingerprint density at radius 2 is 1.73 bits per heavy atom. The molecule has 5 nitrogen and oxygen atoms in total. The van der Waals surface area contributed by atoms with E-state index in [1.54, 1.807) is 27.7 Å². The quantitative estimate of drug-likeness (QED) is 0.756. The summed E-state index contributed by atoms with van der Waals surface area (Å²) >= 11 is 0. The zero-order chi connectivity index (χ0) is 16.7. The van der Waals surface area contributed by atoms with Crippen molar-refractivity contribution in [3.63, 3.8) is 0 Å². The van der Waals surface area contributed by atoms with Gasteiger partial charge in [0.1, 0.15) is 0 Å². The zero-order valence-corrected chi connectivity index (χ0v) is 13.7. The molecule has 0 saturated carbocycles. The number of carbonyl (C=O) groups is 2. The van der Waals surface area contributed by atoms with Gasteiger partial charge in [0.25, 0.3) is 0 Å². The first-order valence-electron chi connectivity index (χ1n) is 7.61. The van der Waals surface area contributed by atoms with Crippen molar-refractivity contribution in [2.75, 3.05) is 0 Å². The highest BCUT2D eigenvalue weighted by Gasteiger charge is 2.24. The molecular weight excluding hydrogens is 280 g/mol. The molecule has 0 aliphatic heterocycles. The SMILES string of the molecule is CC(C)OC(=O)CC(NC(=O)C(C)C(C)N)c1ccccc1. The first-order valence-corrected chi connectivity index (χ1v) is 7.61. The maximum Gasteiger partial charge on any atom is 0.308 e. The van der Waals surface area contributed by atoms with Crippen molar-refractivity contribution < 1.29 is 14.3 Å². The zero-order valence-electron chi connectivity index (χ0n) is 13.7. The van der Waals surface area contributed by atoms with Crippen LogP contribution in [0.2, 0.25) is 0 Å². The van der Waals surface area contributed by atoms with Crippen LogP contribution in [0.1, 0.15) is 45.7 Å². The molecule has 1 aromatic carbocycles. The number of amides is 1. The molecule has 0 bridgehead atoms.